The lowest BCUT2D eigenvalue weighted by molar-refractivity contribution is -0.137. The molecule has 0 saturated carbocycles. The van der Waals surface area contributed by atoms with Gasteiger partial charge in [-0.2, -0.15) is 0 Å². The van der Waals surface area contributed by atoms with E-state index in [0.717, 1.165) is 12.8 Å². The normalized spacial score (nSPS) is 8.59. The van der Waals surface area contributed by atoms with Crippen LogP contribution >= 0.6 is 0 Å². The summed E-state index contributed by atoms with van der Waals surface area (Å²) in [5, 5.41) is 0. The first-order chi connectivity index (χ1) is 8.03. The number of rotatable bonds is 6. The largest absolute Gasteiger partial charge is 0.526 e. The average molecular weight is 258 g/mol. The van der Waals surface area contributed by atoms with Gasteiger partial charge < -0.3 is 9.16 Å². The second-order valence-electron chi connectivity index (χ2n) is 3.17. The van der Waals surface area contributed by atoms with Crippen LogP contribution in [-0.2, 0) is 18.8 Å². The molecule has 98 valence electrons. The Kier molecular flexibility index (Phi) is 13.5. The lowest BCUT2D eigenvalue weighted by Crippen LogP contribution is -2.02. The maximum absolute atomic E-state index is 10.5. The minimum Gasteiger partial charge on any atom is -0.526 e. The van der Waals surface area contributed by atoms with Crippen LogP contribution in [0.25, 0.3) is 0 Å². The van der Waals surface area contributed by atoms with Crippen LogP contribution in [0.15, 0.2) is 24.8 Å². The van der Waals surface area contributed by atoms with Crippen LogP contribution in [0.4, 0.5) is 0 Å². The molecular formula is C12H22O4Si. The molecule has 0 aromatic heterocycles. The highest BCUT2D eigenvalue weighted by molar-refractivity contribution is 6.08. The molecule has 0 spiro atoms. The van der Waals surface area contributed by atoms with Crippen LogP contribution in [0.2, 0.25) is 0 Å². The fourth-order valence-electron chi connectivity index (χ4n) is 0.665. The Labute approximate surface area is 106 Å². The van der Waals surface area contributed by atoms with Crippen molar-refractivity contribution >= 4 is 22.4 Å². The summed E-state index contributed by atoms with van der Waals surface area (Å²) in [6, 6.07) is 0. The molecule has 0 atom stereocenters. The summed E-state index contributed by atoms with van der Waals surface area (Å²) in [5.41, 5.74) is 0.556. The highest BCUT2D eigenvalue weighted by Gasteiger charge is 1.99. The molecule has 0 amide bonds. The van der Waals surface area contributed by atoms with Gasteiger partial charge in [0.1, 0.15) is 0 Å². The first kappa shape index (κ1) is 18.0. The predicted octanol–water partition coefficient (Wildman–Crippen LogP) is 1.29. The topological polar surface area (TPSA) is 52.6 Å². The van der Waals surface area contributed by atoms with Crippen LogP contribution in [0.1, 0.15) is 33.1 Å². The zero-order valence-corrected chi connectivity index (χ0v) is 13.0. The van der Waals surface area contributed by atoms with Crippen molar-refractivity contribution in [1.82, 2.24) is 0 Å². The van der Waals surface area contributed by atoms with Gasteiger partial charge >= 0.3 is 11.9 Å². The molecule has 17 heavy (non-hydrogen) atoms. The Bertz CT molecular complexity index is 247. The predicted molar refractivity (Wildman–Crippen MR) is 71.5 cm³/mol. The maximum Gasteiger partial charge on any atom is 0.330 e. The second-order valence-corrected chi connectivity index (χ2v) is 3.58. The van der Waals surface area contributed by atoms with Gasteiger partial charge in [0, 0.05) is 11.6 Å². The summed E-state index contributed by atoms with van der Waals surface area (Å²) in [5.74, 6) is -0.581. The van der Waals surface area contributed by atoms with Gasteiger partial charge in [0.05, 0.1) is 6.61 Å². The summed E-state index contributed by atoms with van der Waals surface area (Å²) >= 11 is 0. The number of hydrogen-bond donors (Lipinski definition) is 0. The molecule has 0 fully saturated rings. The zero-order chi connectivity index (χ0) is 13.7. The van der Waals surface area contributed by atoms with E-state index in [1.54, 1.807) is 0 Å². The van der Waals surface area contributed by atoms with Crippen LogP contribution in [0, 0.1) is 0 Å². The summed E-state index contributed by atoms with van der Waals surface area (Å²) in [6.45, 7) is 11.2. The molecule has 0 aromatic carbocycles. The molecule has 0 bridgehead atoms. The zero-order valence-electron chi connectivity index (χ0n) is 11.0. The van der Waals surface area contributed by atoms with E-state index in [4.69, 9.17) is 0 Å². The molecule has 0 aliphatic rings. The Morgan fingerprint density at radius 2 is 1.94 bits per heavy atom. The van der Waals surface area contributed by atoms with E-state index in [0.29, 0.717) is 29.1 Å². The van der Waals surface area contributed by atoms with Crippen molar-refractivity contribution in [2.24, 2.45) is 0 Å². The maximum atomic E-state index is 10.5. The van der Waals surface area contributed by atoms with Gasteiger partial charge in [-0.15, -0.1) is 0 Å². The molecule has 0 rings (SSSR count). The molecule has 0 saturated heterocycles. The quantitative estimate of drug-likeness (QED) is 0.312. The second kappa shape index (κ2) is 12.7. The van der Waals surface area contributed by atoms with E-state index in [-0.39, 0.29) is 11.9 Å². The lowest BCUT2D eigenvalue weighted by Gasteiger charge is -1.97. The molecule has 0 aliphatic carbocycles. The van der Waals surface area contributed by atoms with Crippen molar-refractivity contribution in [1.29, 1.82) is 0 Å². The Morgan fingerprint density at radius 3 is 2.24 bits per heavy atom. The molecule has 0 radical (unpaired) electrons. The SMILES string of the molecule is C=C(CC)C(=O)O[SiH3].C=CC(=O)OCCCC. The molecule has 0 N–H and O–H groups in total. The third kappa shape index (κ3) is 12.6. The van der Waals surface area contributed by atoms with E-state index in [9.17, 15) is 9.59 Å². The number of carbonyl (C=O) groups is 2. The van der Waals surface area contributed by atoms with E-state index in [1.807, 2.05) is 13.8 Å². The molecule has 4 nitrogen and oxygen atoms in total. The van der Waals surface area contributed by atoms with Crippen LogP contribution < -0.4 is 0 Å². The van der Waals surface area contributed by atoms with Crippen molar-refractivity contribution in [2.75, 3.05) is 6.61 Å². The molecule has 0 aliphatic heterocycles. The van der Waals surface area contributed by atoms with Gasteiger partial charge in [0.25, 0.3) is 0 Å². The van der Waals surface area contributed by atoms with Gasteiger partial charge in [-0.05, 0) is 12.8 Å². The number of carbonyl (C=O) groups excluding carboxylic acids is 2. The van der Waals surface area contributed by atoms with Crippen molar-refractivity contribution in [3.63, 3.8) is 0 Å². The fraction of sp³-hybridized carbons (Fsp3) is 0.500. The van der Waals surface area contributed by atoms with Crippen molar-refractivity contribution < 1.29 is 18.8 Å². The van der Waals surface area contributed by atoms with E-state index in [1.165, 1.54) is 6.08 Å². The lowest BCUT2D eigenvalue weighted by atomic mass is 10.2. The summed E-state index contributed by atoms with van der Waals surface area (Å²) in [4.78, 5) is 20.8. The van der Waals surface area contributed by atoms with Gasteiger partial charge in [0.15, 0.2) is 0 Å². The Hall–Kier alpha value is -1.36. The Morgan fingerprint density at radius 1 is 1.35 bits per heavy atom. The highest BCUT2D eigenvalue weighted by atomic mass is 28.2. The van der Waals surface area contributed by atoms with E-state index >= 15 is 0 Å². The number of esters is 1. The number of hydrogen-bond acceptors (Lipinski definition) is 4. The Balaban J connectivity index is 0. The van der Waals surface area contributed by atoms with Gasteiger partial charge in [0.2, 0.25) is 10.5 Å². The minimum atomic E-state index is -0.330. The summed E-state index contributed by atoms with van der Waals surface area (Å²) in [6.07, 6.45) is 3.83. The molecule has 0 unspecified atom stereocenters. The first-order valence-electron chi connectivity index (χ1n) is 5.58. The molecule has 5 heteroatoms. The van der Waals surface area contributed by atoms with Crippen molar-refractivity contribution in [3.8, 4) is 0 Å². The number of ether oxygens (including phenoxy) is 1. The van der Waals surface area contributed by atoms with Crippen LogP contribution in [-0.4, -0.2) is 29.0 Å². The molecule has 0 heterocycles. The molecule has 0 aromatic rings. The van der Waals surface area contributed by atoms with E-state index in [2.05, 4.69) is 22.3 Å². The highest BCUT2D eigenvalue weighted by Crippen LogP contribution is 1.96. The molecular weight excluding hydrogens is 236 g/mol. The van der Waals surface area contributed by atoms with Gasteiger partial charge in [-0.3, -0.25) is 0 Å². The monoisotopic (exact) mass is 258 g/mol. The fourth-order valence-corrected chi connectivity index (χ4v) is 0.953. The third-order valence-corrected chi connectivity index (χ3v) is 2.18. The standard InChI is InChI=1S/C7H12O2.C5H10O2Si/c1-3-5-6-9-7(8)4-2;1-3-4(2)5(6)7-8/h4H,2-3,5-6H2,1H3;2-3H2,1,8H3. The summed E-state index contributed by atoms with van der Waals surface area (Å²) in [7, 11) is 0.465. The third-order valence-electron chi connectivity index (χ3n) is 1.81. The smallest absolute Gasteiger partial charge is 0.330 e. The number of unbranched alkanes of at least 4 members (excludes halogenated alkanes) is 1. The van der Waals surface area contributed by atoms with Crippen LogP contribution in [0.5, 0.6) is 0 Å². The first-order valence-corrected chi connectivity index (χ1v) is 6.40. The summed E-state index contributed by atoms with van der Waals surface area (Å²) < 4.78 is 9.18. The average Bonchev–Trinajstić information content (AvgIpc) is 2.37. The minimum absolute atomic E-state index is 0.251. The van der Waals surface area contributed by atoms with Gasteiger partial charge in [-0.1, -0.05) is 33.4 Å². The van der Waals surface area contributed by atoms with Gasteiger partial charge in [-0.25, -0.2) is 9.59 Å². The van der Waals surface area contributed by atoms with Crippen molar-refractivity contribution in [2.45, 2.75) is 33.1 Å². The van der Waals surface area contributed by atoms with E-state index < -0.39 is 0 Å². The van der Waals surface area contributed by atoms with Crippen LogP contribution in [0.3, 0.4) is 0 Å². The van der Waals surface area contributed by atoms with Crippen molar-refractivity contribution in [3.05, 3.63) is 24.8 Å².